The molecule has 1 amide bonds. The Hall–Kier alpha value is -2.04. The lowest BCUT2D eigenvalue weighted by molar-refractivity contribution is -0.110. The molecule has 0 aliphatic heterocycles. The van der Waals surface area contributed by atoms with Gasteiger partial charge in [0, 0.05) is 0 Å². The SMILES string of the molecule is O=C(Nc1ccccc1Cl)/C(Cl)=N\Nc1ccccc1. The highest BCUT2D eigenvalue weighted by molar-refractivity contribution is 6.84. The Morgan fingerprint density at radius 2 is 1.65 bits per heavy atom. The van der Waals surface area contributed by atoms with Crippen molar-refractivity contribution in [2.24, 2.45) is 5.10 Å². The topological polar surface area (TPSA) is 53.5 Å². The van der Waals surface area contributed by atoms with Crippen LogP contribution >= 0.6 is 23.2 Å². The number of anilines is 2. The van der Waals surface area contributed by atoms with E-state index in [1.54, 1.807) is 36.4 Å². The Labute approximate surface area is 126 Å². The molecule has 0 aliphatic carbocycles. The maximum atomic E-state index is 11.8. The summed E-state index contributed by atoms with van der Waals surface area (Å²) in [6, 6.07) is 16.0. The molecule has 0 radical (unpaired) electrons. The van der Waals surface area contributed by atoms with Gasteiger partial charge in [-0.1, -0.05) is 53.5 Å². The lowest BCUT2D eigenvalue weighted by Crippen LogP contribution is -2.19. The maximum Gasteiger partial charge on any atom is 0.287 e. The number of amides is 1. The summed E-state index contributed by atoms with van der Waals surface area (Å²) in [5.74, 6) is -0.539. The molecule has 2 N–H and O–H groups in total. The zero-order valence-corrected chi connectivity index (χ0v) is 11.8. The van der Waals surface area contributed by atoms with Crippen LogP contribution in [0.1, 0.15) is 0 Å². The van der Waals surface area contributed by atoms with E-state index in [4.69, 9.17) is 23.2 Å². The predicted molar refractivity (Wildman–Crippen MR) is 83.4 cm³/mol. The smallest absolute Gasteiger partial charge is 0.287 e. The number of carbonyl (C=O) groups is 1. The summed E-state index contributed by atoms with van der Waals surface area (Å²) >= 11 is 11.7. The predicted octanol–water partition coefficient (Wildman–Crippen LogP) is 3.94. The summed E-state index contributed by atoms with van der Waals surface area (Å²) in [6.07, 6.45) is 0. The van der Waals surface area contributed by atoms with Gasteiger partial charge in [0.25, 0.3) is 5.91 Å². The van der Waals surface area contributed by atoms with Crippen molar-refractivity contribution in [3.63, 3.8) is 0 Å². The lowest BCUT2D eigenvalue weighted by atomic mass is 10.3. The van der Waals surface area contributed by atoms with Crippen LogP contribution in [0.5, 0.6) is 0 Å². The van der Waals surface area contributed by atoms with Gasteiger partial charge in [0.05, 0.1) is 16.4 Å². The summed E-state index contributed by atoms with van der Waals surface area (Å²) in [4.78, 5) is 11.8. The number of nitrogens with zero attached hydrogens (tertiary/aromatic N) is 1. The monoisotopic (exact) mass is 307 g/mol. The van der Waals surface area contributed by atoms with Crippen LogP contribution in [-0.2, 0) is 4.79 Å². The van der Waals surface area contributed by atoms with Gasteiger partial charge in [0.1, 0.15) is 0 Å². The molecule has 0 spiro atoms. The Morgan fingerprint density at radius 3 is 2.35 bits per heavy atom. The highest BCUT2D eigenvalue weighted by Gasteiger charge is 2.10. The molecule has 0 unspecified atom stereocenters. The molecule has 0 saturated carbocycles. The maximum absolute atomic E-state index is 11.8. The number of hydrazone groups is 1. The van der Waals surface area contributed by atoms with Gasteiger partial charge in [-0.3, -0.25) is 10.2 Å². The number of carbonyl (C=O) groups excluding carboxylic acids is 1. The molecule has 0 atom stereocenters. The highest BCUT2D eigenvalue weighted by atomic mass is 35.5. The van der Waals surface area contributed by atoms with Gasteiger partial charge in [0.2, 0.25) is 5.17 Å². The molecule has 4 nitrogen and oxygen atoms in total. The average Bonchev–Trinajstić information content (AvgIpc) is 2.48. The van der Waals surface area contributed by atoms with E-state index in [-0.39, 0.29) is 5.17 Å². The fraction of sp³-hybridized carbons (Fsp3) is 0. The van der Waals surface area contributed by atoms with Gasteiger partial charge in [-0.05, 0) is 24.3 Å². The number of rotatable bonds is 4. The summed E-state index contributed by atoms with van der Waals surface area (Å²) in [5.41, 5.74) is 3.90. The molecule has 6 heteroatoms. The fourth-order valence-corrected chi connectivity index (χ4v) is 1.69. The van der Waals surface area contributed by atoms with Crippen LogP contribution in [0.2, 0.25) is 5.02 Å². The largest absolute Gasteiger partial charge is 0.318 e. The van der Waals surface area contributed by atoms with Crippen molar-refractivity contribution in [3.05, 3.63) is 59.6 Å². The van der Waals surface area contributed by atoms with Crippen molar-refractivity contribution in [3.8, 4) is 0 Å². The van der Waals surface area contributed by atoms with Crippen LogP contribution in [-0.4, -0.2) is 11.1 Å². The van der Waals surface area contributed by atoms with Crippen molar-refractivity contribution >= 4 is 45.7 Å². The molecule has 0 heterocycles. The molecule has 2 rings (SSSR count). The molecule has 20 heavy (non-hydrogen) atoms. The third-order valence-electron chi connectivity index (χ3n) is 2.37. The van der Waals surface area contributed by atoms with Crippen molar-refractivity contribution in [2.75, 3.05) is 10.7 Å². The Kier molecular flexibility index (Phi) is 4.98. The van der Waals surface area contributed by atoms with Gasteiger partial charge in [-0.15, -0.1) is 0 Å². The van der Waals surface area contributed by atoms with E-state index in [9.17, 15) is 4.79 Å². The van der Waals surface area contributed by atoms with Crippen LogP contribution in [0.3, 0.4) is 0 Å². The first kappa shape index (κ1) is 14.4. The zero-order valence-electron chi connectivity index (χ0n) is 10.3. The van der Waals surface area contributed by atoms with E-state index in [1.807, 2.05) is 18.2 Å². The molecule has 0 bridgehead atoms. The van der Waals surface area contributed by atoms with E-state index in [2.05, 4.69) is 15.8 Å². The average molecular weight is 308 g/mol. The van der Waals surface area contributed by atoms with Crippen molar-refractivity contribution in [1.29, 1.82) is 0 Å². The second kappa shape index (κ2) is 6.93. The fourth-order valence-electron chi connectivity index (χ4n) is 1.41. The van der Waals surface area contributed by atoms with E-state index in [0.29, 0.717) is 10.7 Å². The first-order valence-electron chi connectivity index (χ1n) is 5.77. The minimum atomic E-state index is -0.539. The van der Waals surface area contributed by atoms with E-state index < -0.39 is 5.91 Å². The van der Waals surface area contributed by atoms with Gasteiger partial charge < -0.3 is 5.32 Å². The lowest BCUT2D eigenvalue weighted by Gasteiger charge is -2.06. The third-order valence-corrected chi connectivity index (χ3v) is 2.95. The summed E-state index contributed by atoms with van der Waals surface area (Å²) < 4.78 is 0. The minimum absolute atomic E-state index is 0.214. The van der Waals surface area contributed by atoms with Crippen LogP contribution in [0.4, 0.5) is 11.4 Å². The first-order valence-corrected chi connectivity index (χ1v) is 6.52. The second-order valence-corrected chi connectivity index (χ2v) is 4.58. The second-order valence-electron chi connectivity index (χ2n) is 3.81. The molecule has 0 saturated heterocycles. The zero-order chi connectivity index (χ0) is 14.4. The molecule has 0 aromatic heterocycles. The minimum Gasteiger partial charge on any atom is -0.318 e. The normalized spacial score (nSPS) is 11.0. The molecule has 2 aromatic carbocycles. The number of halogens is 2. The highest BCUT2D eigenvalue weighted by Crippen LogP contribution is 2.20. The molecular weight excluding hydrogens is 297 g/mol. The third kappa shape index (κ3) is 3.98. The van der Waals surface area contributed by atoms with E-state index in [1.165, 1.54) is 0 Å². The van der Waals surface area contributed by atoms with Crippen LogP contribution in [0.15, 0.2) is 59.7 Å². The summed E-state index contributed by atoms with van der Waals surface area (Å²) in [6.45, 7) is 0. The molecule has 0 aliphatic rings. The van der Waals surface area contributed by atoms with Crippen LogP contribution in [0.25, 0.3) is 0 Å². The summed E-state index contributed by atoms with van der Waals surface area (Å²) in [5, 5.41) is 6.59. The van der Waals surface area contributed by atoms with Crippen molar-refractivity contribution in [1.82, 2.24) is 0 Å². The number of hydrogen-bond acceptors (Lipinski definition) is 3. The van der Waals surface area contributed by atoms with Gasteiger partial charge in [-0.2, -0.15) is 5.10 Å². The van der Waals surface area contributed by atoms with Gasteiger partial charge in [0.15, 0.2) is 0 Å². The number of benzene rings is 2. The van der Waals surface area contributed by atoms with Crippen LogP contribution in [0, 0.1) is 0 Å². The number of hydrogen-bond donors (Lipinski definition) is 2. The van der Waals surface area contributed by atoms with E-state index >= 15 is 0 Å². The molecule has 102 valence electrons. The van der Waals surface area contributed by atoms with E-state index in [0.717, 1.165) is 5.69 Å². The standard InChI is InChI=1S/C14H11Cl2N3O/c15-11-8-4-5-9-12(11)17-14(20)13(16)19-18-10-6-2-1-3-7-10/h1-9,18H,(H,17,20)/b19-13+. The molecule has 2 aromatic rings. The molecular formula is C14H11Cl2N3O. The van der Waals surface area contributed by atoms with Crippen molar-refractivity contribution < 1.29 is 4.79 Å². The Morgan fingerprint density at radius 1 is 1.00 bits per heavy atom. The van der Waals surface area contributed by atoms with Crippen molar-refractivity contribution in [2.45, 2.75) is 0 Å². The van der Waals surface area contributed by atoms with Gasteiger partial charge >= 0.3 is 0 Å². The Balaban J connectivity index is 2.00. The molecule has 0 fully saturated rings. The Bertz CT molecular complexity index is 629. The summed E-state index contributed by atoms with van der Waals surface area (Å²) in [7, 11) is 0. The first-order chi connectivity index (χ1) is 9.66. The quantitative estimate of drug-likeness (QED) is 0.664. The van der Waals surface area contributed by atoms with Gasteiger partial charge in [-0.25, -0.2) is 0 Å². The number of nitrogens with one attached hydrogen (secondary N) is 2. The van der Waals surface area contributed by atoms with Crippen LogP contribution < -0.4 is 10.7 Å². The number of para-hydroxylation sites is 2.